The highest BCUT2D eigenvalue weighted by molar-refractivity contribution is 5.92. The lowest BCUT2D eigenvalue weighted by Crippen LogP contribution is -2.11. The number of furan rings is 1. The molecule has 0 radical (unpaired) electrons. The van der Waals surface area contributed by atoms with Crippen LogP contribution in [0, 0.1) is 0 Å². The summed E-state index contributed by atoms with van der Waals surface area (Å²) in [4.78, 5) is 15.0. The lowest BCUT2D eigenvalue weighted by molar-refractivity contribution is 0.0917. The highest BCUT2D eigenvalue weighted by atomic mass is 16.3. The van der Waals surface area contributed by atoms with Crippen molar-refractivity contribution in [1.82, 2.24) is 14.8 Å². The van der Waals surface area contributed by atoms with Gasteiger partial charge in [-0.15, -0.1) is 0 Å². The molecule has 0 unspecified atom stereocenters. The van der Waals surface area contributed by atoms with Gasteiger partial charge in [0.25, 0.3) is 0 Å². The fourth-order valence-corrected chi connectivity index (χ4v) is 0.826. The third kappa shape index (κ3) is 1.01. The average molecular weight is 163 g/mol. The van der Waals surface area contributed by atoms with Crippen molar-refractivity contribution in [2.75, 3.05) is 0 Å². The monoisotopic (exact) mass is 163 g/mol. The molecule has 0 spiro atoms. The Balaban J connectivity index is 2.34. The molecule has 2 aromatic rings. The van der Waals surface area contributed by atoms with Crippen LogP contribution in [0.15, 0.2) is 35.5 Å². The molecular weight excluding hydrogens is 158 g/mol. The Bertz CT molecular complexity index is 327. The summed E-state index contributed by atoms with van der Waals surface area (Å²) in [6, 6.07) is 3.22. The second-order valence-electron chi connectivity index (χ2n) is 2.12. The summed E-state index contributed by atoms with van der Waals surface area (Å²) in [5.41, 5.74) is 0. The fourth-order valence-electron chi connectivity index (χ4n) is 0.826. The van der Waals surface area contributed by atoms with Crippen molar-refractivity contribution in [2.24, 2.45) is 0 Å². The number of rotatable bonds is 1. The fraction of sp³-hybridized carbons (Fsp3) is 0. The predicted molar refractivity (Wildman–Crippen MR) is 38.5 cm³/mol. The number of carbonyl (C=O) groups excluding carboxylic acids is 1. The van der Waals surface area contributed by atoms with E-state index >= 15 is 0 Å². The summed E-state index contributed by atoms with van der Waals surface area (Å²) in [6.07, 6.45) is 4.05. The van der Waals surface area contributed by atoms with Gasteiger partial charge >= 0.3 is 5.91 Å². The molecule has 0 aliphatic heterocycles. The van der Waals surface area contributed by atoms with Gasteiger partial charge in [0, 0.05) is 0 Å². The first kappa shape index (κ1) is 6.78. The SMILES string of the molecule is O=C(c1ccco1)n1cncn1. The van der Waals surface area contributed by atoms with E-state index < -0.39 is 0 Å². The molecule has 5 heteroatoms. The van der Waals surface area contributed by atoms with Crippen molar-refractivity contribution in [3.05, 3.63) is 36.8 Å². The standard InChI is InChI=1S/C7H5N3O2/c11-7(6-2-1-3-12-6)10-5-8-4-9-10/h1-5H. The van der Waals surface area contributed by atoms with Crippen LogP contribution in [-0.2, 0) is 0 Å². The average Bonchev–Trinajstić information content (AvgIpc) is 2.77. The van der Waals surface area contributed by atoms with Crippen LogP contribution in [0.25, 0.3) is 0 Å². The highest BCUT2D eigenvalue weighted by Crippen LogP contribution is 2.01. The first-order chi connectivity index (χ1) is 5.88. The van der Waals surface area contributed by atoms with E-state index in [2.05, 4.69) is 10.1 Å². The summed E-state index contributed by atoms with van der Waals surface area (Å²) in [6.45, 7) is 0. The molecule has 0 saturated heterocycles. The van der Waals surface area contributed by atoms with Crippen LogP contribution in [0.5, 0.6) is 0 Å². The van der Waals surface area contributed by atoms with Gasteiger partial charge in [0.2, 0.25) is 0 Å². The lowest BCUT2D eigenvalue weighted by Gasteiger charge is -1.92. The van der Waals surface area contributed by atoms with Crippen molar-refractivity contribution >= 4 is 5.91 Å². The van der Waals surface area contributed by atoms with E-state index in [1.54, 1.807) is 12.1 Å². The molecular formula is C7H5N3O2. The molecule has 0 saturated carbocycles. The first-order valence-electron chi connectivity index (χ1n) is 3.31. The minimum Gasteiger partial charge on any atom is -0.459 e. The first-order valence-corrected chi connectivity index (χ1v) is 3.31. The summed E-state index contributed by atoms with van der Waals surface area (Å²) < 4.78 is 5.99. The second kappa shape index (κ2) is 2.61. The normalized spacial score (nSPS) is 10.0. The van der Waals surface area contributed by atoms with Crippen molar-refractivity contribution in [1.29, 1.82) is 0 Å². The van der Waals surface area contributed by atoms with Gasteiger partial charge in [-0.25, -0.2) is 4.98 Å². The highest BCUT2D eigenvalue weighted by Gasteiger charge is 2.10. The summed E-state index contributed by atoms with van der Waals surface area (Å²) >= 11 is 0. The molecule has 0 aliphatic rings. The van der Waals surface area contributed by atoms with E-state index in [0.29, 0.717) is 0 Å². The largest absolute Gasteiger partial charge is 0.459 e. The van der Waals surface area contributed by atoms with Gasteiger partial charge in [0.15, 0.2) is 5.76 Å². The third-order valence-corrected chi connectivity index (χ3v) is 1.36. The maximum absolute atomic E-state index is 11.3. The molecule has 5 nitrogen and oxygen atoms in total. The molecule has 2 aromatic heterocycles. The Morgan fingerprint density at radius 2 is 2.50 bits per heavy atom. The maximum atomic E-state index is 11.3. The van der Waals surface area contributed by atoms with Crippen LogP contribution < -0.4 is 0 Å². The van der Waals surface area contributed by atoms with Crippen LogP contribution in [0.2, 0.25) is 0 Å². The van der Waals surface area contributed by atoms with Gasteiger partial charge in [-0.05, 0) is 12.1 Å². The molecule has 0 amide bonds. The second-order valence-corrected chi connectivity index (χ2v) is 2.12. The summed E-state index contributed by atoms with van der Waals surface area (Å²) in [5.74, 6) is -0.0713. The molecule has 0 N–H and O–H groups in total. The van der Waals surface area contributed by atoms with Gasteiger partial charge < -0.3 is 4.42 Å². The van der Waals surface area contributed by atoms with E-state index in [-0.39, 0.29) is 11.7 Å². The number of nitrogens with zero attached hydrogens (tertiary/aromatic N) is 3. The Kier molecular flexibility index (Phi) is 1.48. The zero-order valence-electron chi connectivity index (χ0n) is 6.04. The molecule has 0 aromatic carbocycles. The van der Waals surface area contributed by atoms with Crippen LogP contribution in [0.1, 0.15) is 10.6 Å². The Morgan fingerprint density at radius 3 is 3.08 bits per heavy atom. The Morgan fingerprint density at radius 1 is 1.58 bits per heavy atom. The summed E-state index contributed by atoms with van der Waals surface area (Å²) in [5, 5.41) is 3.67. The molecule has 0 bridgehead atoms. The molecule has 2 heterocycles. The van der Waals surface area contributed by atoms with Crippen molar-refractivity contribution in [3.8, 4) is 0 Å². The Labute approximate surface area is 67.6 Å². The molecule has 0 aliphatic carbocycles. The predicted octanol–water partition coefficient (Wildman–Crippen LogP) is 0.560. The number of aromatic nitrogens is 3. The van der Waals surface area contributed by atoms with Gasteiger partial charge in [-0.3, -0.25) is 4.79 Å². The minimum absolute atomic E-state index is 0.250. The molecule has 0 atom stereocenters. The van der Waals surface area contributed by atoms with E-state index in [4.69, 9.17) is 4.42 Å². The molecule has 12 heavy (non-hydrogen) atoms. The van der Waals surface area contributed by atoms with Crippen LogP contribution in [0.4, 0.5) is 0 Å². The van der Waals surface area contributed by atoms with Gasteiger partial charge in [0.1, 0.15) is 12.7 Å². The van der Waals surface area contributed by atoms with E-state index in [0.717, 1.165) is 4.68 Å². The zero-order valence-corrected chi connectivity index (χ0v) is 6.04. The zero-order chi connectivity index (χ0) is 8.39. The van der Waals surface area contributed by atoms with Crippen LogP contribution in [-0.4, -0.2) is 20.7 Å². The number of carbonyl (C=O) groups is 1. The molecule has 0 fully saturated rings. The smallest absolute Gasteiger partial charge is 0.315 e. The molecule has 2 rings (SSSR count). The van der Waals surface area contributed by atoms with Gasteiger partial charge in [-0.2, -0.15) is 9.78 Å². The minimum atomic E-state index is -0.322. The van der Waals surface area contributed by atoms with Crippen LogP contribution >= 0.6 is 0 Å². The third-order valence-electron chi connectivity index (χ3n) is 1.36. The van der Waals surface area contributed by atoms with Crippen molar-refractivity contribution in [2.45, 2.75) is 0 Å². The lowest BCUT2D eigenvalue weighted by atomic mass is 10.4. The van der Waals surface area contributed by atoms with E-state index in [9.17, 15) is 4.79 Å². The number of hydrogen-bond donors (Lipinski definition) is 0. The van der Waals surface area contributed by atoms with Crippen molar-refractivity contribution < 1.29 is 9.21 Å². The quantitative estimate of drug-likeness (QED) is 0.616. The van der Waals surface area contributed by atoms with Gasteiger partial charge in [-0.1, -0.05) is 0 Å². The topological polar surface area (TPSA) is 60.9 Å². The summed E-state index contributed by atoms with van der Waals surface area (Å²) in [7, 11) is 0. The Hall–Kier alpha value is -1.91. The van der Waals surface area contributed by atoms with Crippen molar-refractivity contribution in [3.63, 3.8) is 0 Å². The van der Waals surface area contributed by atoms with Gasteiger partial charge in [0.05, 0.1) is 6.26 Å². The van der Waals surface area contributed by atoms with E-state index in [1.807, 2.05) is 0 Å². The number of hydrogen-bond acceptors (Lipinski definition) is 4. The molecule has 60 valence electrons. The van der Waals surface area contributed by atoms with Crippen LogP contribution in [0.3, 0.4) is 0 Å². The maximum Gasteiger partial charge on any atom is 0.315 e. The van der Waals surface area contributed by atoms with E-state index in [1.165, 1.54) is 18.9 Å².